The molecular formula is C15H15N3O2S. The first kappa shape index (κ1) is 13.8. The van der Waals surface area contributed by atoms with E-state index >= 15 is 0 Å². The molecule has 5 nitrogen and oxygen atoms in total. The van der Waals surface area contributed by atoms with Gasteiger partial charge in [-0.3, -0.25) is 0 Å². The molecule has 0 amide bonds. The van der Waals surface area contributed by atoms with Crippen LogP contribution in [0.15, 0.2) is 38.9 Å². The van der Waals surface area contributed by atoms with Gasteiger partial charge >= 0.3 is 5.63 Å². The fourth-order valence-electron chi connectivity index (χ4n) is 2.35. The molecule has 3 rings (SSSR count). The van der Waals surface area contributed by atoms with Gasteiger partial charge in [-0.1, -0.05) is 4.49 Å². The maximum atomic E-state index is 12.1. The summed E-state index contributed by atoms with van der Waals surface area (Å²) in [5.41, 5.74) is 2.28. The van der Waals surface area contributed by atoms with E-state index in [0.29, 0.717) is 16.8 Å². The van der Waals surface area contributed by atoms with Crippen LogP contribution in [0, 0.1) is 0 Å². The summed E-state index contributed by atoms with van der Waals surface area (Å²) in [5, 5.41) is 6.55. The van der Waals surface area contributed by atoms with Crippen LogP contribution in [0.25, 0.3) is 22.2 Å². The molecular weight excluding hydrogens is 286 g/mol. The van der Waals surface area contributed by atoms with Gasteiger partial charge in [-0.2, -0.15) is 0 Å². The van der Waals surface area contributed by atoms with Crippen LogP contribution in [0.2, 0.25) is 0 Å². The Morgan fingerprint density at radius 2 is 2.05 bits per heavy atom. The van der Waals surface area contributed by atoms with Crippen molar-refractivity contribution in [2.45, 2.75) is 13.8 Å². The Morgan fingerprint density at radius 3 is 2.71 bits per heavy atom. The molecule has 0 N–H and O–H groups in total. The molecule has 2 aromatic heterocycles. The molecule has 108 valence electrons. The molecule has 0 fully saturated rings. The first-order chi connectivity index (χ1) is 10.2. The molecule has 6 heteroatoms. The fourth-order valence-corrected chi connectivity index (χ4v) is 2.80. The van der Waals surface area contributed by atoms with E-state index in [2.05, 4.69) is 28.3 Å². The highest BCUT2D eigenvalue weighted by Gasteiger charge is 2.11. The highest BCUT2D eigenvalue weighted by molar-refractivity contribution is 7.03. The molecule has 0 unspecified atom stereocenters. The average molecular weight is 301 g/mol. The quantitative estimate of drug-likeness (QED) is 0.693. The van der Waals surface area contributed by atoms with Crippen LogP contribution in [-0.2, 0) is 0 Å². The number of hydrogen-bond donors (Lipinski definition) is 0. The maximum Gasteiger partial charge on any atom is 0.345 e. The molecule has 0 aliphatic rings. The van der Waals surface area contributed by atoms with Crippen LogP contribution in [0.4, 0.5) is 5.69 Å². The lowest BCUT2D eigenvalue weighted by atomic mass is 10.1. The third kappa shape index (κ3) is 2.54. The van der Waals surface area contributed by atoms with E-state index in [-0.39, 0.29) is 5.63 Å². The standard InChI is InChI=1S/C15H15N3O2S/c1-3-18(4-2)11-6-5-10-7-12(13-9-21-17-16-13)15(19)20-14(10)8-11/h5-9H,3-4H2,1-2H3. The predicted octanol–water partition coefficient (Wildman–Crippen LogP) is 3.16. The van der Waals surface area contributed by atoms with Crippen molar-refractivity contribution in [3.05, 3.63) is 40.1 Å². The summed E-state index contributed by atoms with van der Waals surface area (Å²) in [6.07, 6.45) is 0. The molecule has 3 aromatic rings. The average Bonchev–Trinajstić information content (AvgIpc) is 3.01. The topological polar surface area (TPSA) is 59.2 Å². The number of hydrogen-bond acceptors (Lipinski definition) is 6. The molecule has 0 bridgehead atoms. The van der Waals surface area contributed by atoms with Crippen molar-refractivity contribution in [2.24, 2.45) is 0 Å². The molecule has 21 heavy (non-hydrogen) atoms. The van der Waals surface area contributed by atoms with Gasteiger partial charge in [-0.25, -0.2) is 4.79 Å². The van der Waals surface area contributed by atoms with Gasteiger partial charge in [0, 0.05) is 35.6 Å². The minimum absolute atomic E-state index is 0.383. The zero-order chi connectivity index (χ0) is 14.8. The number of fused-ring (bicyclic) bond motifs is 1. The van der Waals surface area contributed by atoms with Crippen LogP contribution in [0.1, 0.15) is 13.8 Å². The SMILES string of the molecule is CCN(CC)c1ccc2cc(-c3csnn3)c(=O)oc2c1. The van der Waals surface area contributed by atoms with Crippen molar-refractivity contribution >= 4 is 28.2 Å². The molecule has 0 aliphatic heterocycles. The van der Waals surface area contributed by atoms with Crippen molar-refractivity contribution in [3.8, 4) is 11.3 Å². The fraction of sp³-hybridized carbons (Fsp3) is 0.267. The van der Waals surface area contributed by atoms with Gasteiger partial charge in [0.15, 0.2) is 0 Å². The summed E-state index contributed by atoms with van der Waals surface area (Å²) in [7, 11) is 0. The van der Waals surface area contributed by atoms with Gasteiger partial charge in [-0.15, -0.1) is 5.10 Å². The Bertz CT molecular complexity index is 807. The number of aromatic nitrogens is 2. The number of benzene rings is 1. The maximum absolute atomic E-state index is 12.1. The first-order valence-electron chi connectivity index (χ1n) is 6.83. The lowest BCUT2D eigenvalue weighted by Crippen LogP contribution is -2.21. The second-order valence-corrected chi connectivity index (χ2v) is 5.24. The minimum atomic E-state index is -0.383. The van der Waals surface area contributed by atoms with Crippen LogP contribution in [0.5, 0.6) is 0 Å². The zero-order valence-corrected chi connectivity index (χ0v) is 12.7. The molecule has 0 spiro atoms. The van der Waals surface area contributed by atoms with E-state index in [1.165, 1.54) is 11.5 Å². The van der Waals surface area contributed by atoms with Gasteiger partial charge < -0.3 is 9.32 Å². The molecule has 0 atom stereocenters. The molecule has 0 saturated heterocycles. The smallest absolute Gasteiger partial charge is 0.345 e. The Balaban J connectivity index is 2.13. The second-order valence-electron chi connectivity index (χ2n) is 4.63. The molecule has 1 aromatic carbocycles. The lowest BCUT2D eigenvalue weighted by Gasteiger charge is -2.20. The Kier molecular flexibility index (Phi) is 3.70. The summed E-state index contributed by atoms with van der Waals surface area (Å²) >= 11 is 1.21. The molecule has 0 aliphatic carbocycles. The third-order valence-corrected chi connectivity index (χ3v) is 3.99. The zero-order valence-electron chi connectivity index (χ0n) is 11.9. The van der Waals surface area contributed by atoms with Gasteiger partial charge in [0.2, 0.25) is 0 Å². The lowest BCUT2D eigenvalue weighted by molar-refractivity contribution is 0.563. The second kappa shape index (κ2) is 5.65. The van der Waals surface area contributed by atoms with Crippen LogP contribution in [-0.4, -0.2) is 22.7 Å². The van der Waals surface area contributed by atoms with E-state index in [1.54, 1.807) is 5.38 Å². The summed E-state index contributed by atoms with van der Waals surface area (Å²) in [6, 6.07) is 7.73. The highest BCUT2D eigenvalue weighted by Crippen LogP contribution is 2.24. The molecule has 0 saturated carbocycles. The number of nitrogens with zero attached hydrogens (tertiary/aromatic N) is 3. The summed E-state index contributed by atoms with van der Waals surface area (Å²) in [6.45, 7) is 6.02. The summed E-state index contributed by atoms with van der Waals surface area (Å²) < 4.78 is 9.23. The molecule has 2 heterocycles. The number of anilines is 1. The van der Waals surface area contributed by atoms with E-state index in [0.717, 1.165) is 24.2 Å². The van der Waals surface area contributed by atoms with Crippen LogP contribution >= 0.6 is 11.5 Å². The third-order valence-electron chi connectivity index (χ3n) is 3.48. The number of rotatable bonds is 4. The predicted molar refractivity (Wildman–Crippen MR) is 84.9 cm³/mol. The van der Waals surface area contributed by atoms with Gasteiger partial charge in [0.25, 0.3) is 0 Å². The van der Waals surface area contributed by atoms with E-state index in [9.17, 15) is 4.79 Å². The Hall–Kier alpha value is -2.21. The van der Waals surface area contributed by atoms with E-state index in [1.807, 2.05) is 24.3 Å². The minimum Gasteiger partial charge on any atom is -0.422 e. The van der Waals surface area contributed by atoms with Crippen molar-refractivity contribution in [2.75, 3.05) is 18.0 Å². The normalized spacial score (nSPS) is 11.0. The van der Waals surface area contributed by atoms with Crippen LogP contribution in [0.3, 0.4) is 0 Å². The largest absolute Gasteiger partial charge is 0.422 e. The van der Waals surface area contributed by atoms with Crippen molar-refractivity contribution in [1.29, 1.82) is 0 Å². The van der Waals surface area contributed by atoms with E-state index < -0.39 is 0 Å². The summed E-state index contributed by atoms with van der Waals surface area (Å²) in [4.78, 5) is 14.3. The van der Waals surface area contributed by atoms with Crippen molar-refractivity contribution < 1.29 is 4.42 Å². The summed E-state index contributed by atoms with van der Waals surface area (Å²) in [5.74, 6) is 0. The van der Waals surface area contributed by atoms with Gasteiger partial charge in [-0.05, 0) is 43.6 Å². The molecule has 0 radical (unpaired) electrons. The van der Waals surface area contributed by atoms with Crippen molar-refractivity contribution in [1.82, 2.24) is 9.59 Å². The van der Waals surface area contributed by atoms with E-state index in [4.69, 9.17) is 4.42 Å². The van der Waals surface area contributed by atoms with Crippen LogP contribution < -0.4 is 10.5 Å². The highest BCUT2D eigenvalue weighted by atomic mass is 32.1. The van der Waals surface area contributed by atoms with Gasteiger partial charge in [0.1, 0.15) is 11.3 Å². The monoisotopic (exact) mass is 301 g/mol. The first-order valence-corrected chi connectivity index (χ1v) is 7.67. The van der Waals surface area contributed by atoms with Crippen molar-refractivity contribution in [3.63, 3.8) is 0 Å². The Morgan fingerprint density at radius 1 is 1.24 bits per heavy atom. The van der Waals surface area contributed by atoms with Gasteiger partial charge in [0.05, 0.1) is 5.56 Å². The Labute approximate surface area is 126 Å².